The highest BCUT2D eigenvalue weighted by atomic mass is 32.1. The molecule has 3 rings (SSSR count). The van der Waals surface area contributed by atoms with E-state index in [4.69, 9.17) is 17.0 Å². The molecule has 0 fully saturated rings. The summed E-state index contributed by atoms with van der Waals surface area (Å²) in [4.78, 5) is 12.5. The molecule has 0 bridgehead atoms. The average Bonchev–Trinajstić information content (AvgIpc) is 2.70. The molecule has 0 aromatic heterocycles. The number of carbonyl (C=O) groups excluding carboxylic acids is 1. The molecule has 0 heterocycles. The number of ether oxygens (including phenoxy) is 1. The summed E-state index contributed by atoms with van der Waals surface area (Å²) in [5, 5.41) is 9.51. The second-order valence-corrected chi connectivity index (χ2v) is 6.09. The van der Waals surface area contributed by atoms with Gasteiger partial charge in [-0.1, -0.05) is 48.5 Å². The van der Waals surface area contributed by atoms with E-state index in [0.29, 0.717) is 28.5 Å². The molecule has 0 aliphatic rings. The van der Waals surface area contributed by atoms with Gasteiger partial charge in [-0.2, -0.15) is 5.10 Å². The van der Waals surface area contributed by atoms with Crippen LogP contribution in [0.3, 0.4) is 0 Å². The van der Waals surface area contributed by atoms with E-state index in [2.05, 4.69) is 15.8 Å². The maximum atomic E-state index is 12.5. The molecule has 136 valence electrons. The lowest BCUT2D eigenvalue weighted by Crippen LogP contribution is -2.31. The van der Waals surface area contributed by atoms with Crippen LogP contribution in [0.5, 0.6) is 5.75 Å². The van der Waals surface area contributed by atoms with Gasteiger partial charge in [0.05, 0.1) is 11.8 Å². The predicted molar refractivity (Wildman–Crippen MR) is 112 cm³/mol. The number of rotatable bonds is 5. The summed E-state index contributed by atoms with van der Waals surface area (Å²) >= 11 is 5.11. The molecule has 0 radical (unpaired) electrons. The van der Waals surface area contributed by atoms with Gasteiger partial charge in [0.25, 0.3) is 0 Å². The lowest BCUT2D eigenvalue weighted by molar-refractivity contribution is 0.0735. The van der Waals surface area contributed by atoms with Gasteiger partial charge in [-0.3, -0.25) is 5.43 Å². The molecule has 0 unspecified atom stereocenters. The highest BCUT2D eigenvalue weighted by Gasteiger charge is 2.13. The van der Waals surface area contributed by atoms with Crippen LogP contribution in [0.2, 0.25) is 0 Å². The van der Waals surface area contributed by atoms with Gasteiger partial charge in [0, 0.05) is 12.1 Å². The van der Waals surface area contributed by atoms with Crippen molar-refractivity contribution < 1.29 is 9.53 Å². The van der Waals surface area contributed by atoms with E-state index in [1.807, 2.05) is 43.3 Å². The maximum Gasteiger partial charge on any atom is 0.343 e. The fourth-order valence-corrected chi connectivity index (χ4v) is 2.78. The third kappa shape index (κ3) is 4.68. The lowest BCUT2D eigenvalue weighted by atomic mass is 10.0. The molecular formula is C21H19N3O2S. The Labute approximate surface area is 163 Å². The van der Waals surface area contributed by atoms with Crippen LogP contribution in [0.15, 0.2) is 71.8 Å². The second kappa shape index (κ2) is 8.91. The maximum absolute atomic E-state index is 12.5. The zero-order valence-corrected chi connectivity index (χ0v) is 15.6. The van der Waals surface area contributed by atoms with Gasteiger partial charge >= 0.3 is 5.97 Å². The summed E-state index contributed by atoms with van der Waals surface area (Å²) in [5.74, 6) is 0.0131. The Balaban J connectivity index is 1.93. The van der Waals surface area contributed by atoms with Gasteiger partial charge in [0.2, 0.25) is 0 Å². The first-order valence-electron chi connectivity index (χ1n) is 8.55. The molecule has 2 N–H and O–H groups in total. The molecule has 0 atom stereocenters. The number of hydrogen-bond acceptors (Lipinski definition) is 4. The van der Waals surface area contributed by atoms with Gasteiger partial charge in [0.15, 0.2) is 5.11 Å². The molecule has 3 aromatic carbocycles. The van der Waals surface area contributed by atoms with Crippen LogP contribution in [0, 0.1) is 0 Å². The molecule has 5 nitrogen and oxygen atoms in total. The van der Waals surface area contributed by atoms with E-state index < -0.39 is 5.97 Å². The zero-order chi connectivity index (χ0) is 19.1. The lowest BCUT2D eigenvalue weighted by Gasteiger charge is -2.11. The molecule has 0 aliphatic carbocycles. The Morgan fingerprint density at radius 3 is 2.59 bits per heavy atom. The largest absolute Gasteiger partial charge is 0.422 e. The second-order valence-electron chi connectivity index (χ2n) is 5.68. The number of fused-ring (bicyclic) bond motifs is 1. The molecule has 0 saturated carbocycles. The number of hydrogen-bond donors (Lipinski definition) is 2. The molecule has 0 amide bonds. The summed E-state index contributed by atoms with van der Waals surface area (Å²) in [5.41, 5.74) is 3.94. The first kappa shape index (κ1) is 18.5. The zero-order valence-electron chi connectivity index (χ0n) is 14.8. The van der Waals surface area contributed by atoms with E-state index in [0.717, 1.165) is 10.8 Å². The number of esters is 1. The summed E-state index contributed by atoms with van der Waals surface area (Å²) in [6, 6.07) is 20.4. The number of carbonyl (C=O) groups is 1. The van der Waals surface area contributed by atoms with Gasteiger partial charge in [-0.05, 0) is 48.1 Å². The average molecular weight is 377 g/mol. The Morgan fingerprint density at radius 2 is 1.81 bits per heavy atom. The monoisotopic (exact) mass is 377 g/mol. The molecule has 0 saturated heterocycles. The van der Waals surface area contributed by atoms with Crippen molar-refractivity contribution >= 4 is 40.3 Å². The third-order valence-electron chi connectivity index (χ3n) is 3.84. The molecule has 0 aliphatic heterocycles. The van der Waals surface area contributed by atoms with Crippen LogP contribution >= 0.6 is 12.2 Å². The van der Waals surface area contributed by atoms with E-state index in [-0.39, 0.29) is 0 Å². The fourth-order valence-electron chi connectivity index (χ4n) is 2.59. The molecule has 0 spiro atoms. The quantitative estimate of drug-likeness (QED) is 0.232. The van der Waals surface area contributed by atoms with E-state index in [9.17, 15) is 4.79 Å². The van der Waals surface area contributed by atoms with Gasteiger partial charge in [-0.25, -0.2) is 4.79 Å². The van der Waals surface area contributed by atoms with Crippen LogP contribution in [0.1, 0.15) is 22.8 Å². The van der Waals surface area contributed by atoms with Crippen molar-refractivity contribution in [3.63, 3.8) is 0 Å². The Morgan fingerprint density at radius 1 is 1.07 bits per heavy atom. The first-order chi connectivity index (χ1) is 13.2. The Kier molecular flexibility index (Phi) is 6.12. The fraction of sp³-hybridized carbons (Fsp3) is 0.0952. The smallest absolute Gasteiger partial charge is 0.343 e. The molecule has 3 aromatic rings. The SMILES string of the molecule is CCNC(=S)N/N=C/c1c(OC(=O)c2ccccc2)ccc2ccccc12. The molecule has 27 heavy (non-hydrogen) atoms. The number of benzene rings is 3. The first-order valence-corrected chi connectivity index (χ1v) is 8.95. The van der Waals surface area contributed by atoms with Crippen molar-refractivity contribution in [1.29, 1.82) is 0 Å². The molecule has 6 heteroatoms. The number of thiocarbonyl (C=S) groups is 1. The molecular weight excluding hydrogens is 358 g/mol. The third-order valence-corrected chi connectivity index (χ3v) is 4.08. The van der Waals surface area contributed by atoms with Gasteiger partial charge in [-0.15, -0.1) is 0 Å². The topological polar surface area (TPSA) is 62.7 Å². The van der Waals surface area contributed by atoms with Crippen molar-refractivity contribution in [3.8, 4) is 5.75 Å². The number of nitrogens with one attached hydrogen (secondary N) is 2. The van der Waals surface area contributed by atoms with Crippen LogP contribution in [0.25, 0.3) is 10.8 Å². The van der Waals surface area contributed by atoms with Crippen LogP contribution in [-0.2, 0) is 0 Å². The van der Waals surface area contributed by atoms with Crippen LogP contribution in [-0.4, -0.2) is 23.8 Å². The minimum atomic E-state index is -0.420. The highest BCUT2D eigenvalue weighted by Crippen LogP contribution is 2.27. The summed E-state index contributed by atoms with van der Waals surface area (Å²) in [6.45, 7) is 2.65. The summed E-state index contributed by atoms with van der Waals surface area (Å²) < 4.78 is 5.64. The Hall–Kier alpha value is -3.25. The standard InChI is InChI=1S/C21H19N3O2S/c1-2-22-21(27)24-23-14-18-17-11-7-6-8-15(17)12-13-19(18)26-20(25)16-9-4-3-5-10-16/h3-14H,2H2,1H3,(H2,22,24,27)/b23-14+. The minimum Gasteiger partial charge on any atom is -0.422 e. The highest BCUT2D eigenvalue weighted by molar-refractivity contribution is 7.80. The van der Waals surface area contributed by atoms with Crippen molar-refractivity contribution in [1.82, 2.24) is 10.7 Å². The van der Waals surface area contributed by atoms with Crippen molar-refractivity contribution in [2.24, 2.45) is 5.10 Å². The van der Waals surface area contributed by atoms with E-state index in [1.54, 1.807) is 36.5 Å². The minimum absolute atomic E-state index is 0.420. The van der Waals surface area contributed by atoms with Crippen LogP contribution < -0.4 is 15.5 Å². The van der Waals surface area contributed by atoms with Crippen LogP contribution in [0.4, 0.5) is 0 Å². The Bertz CT molecular complexity index is 987. The number of hydrazone groups is 1. The predicted octanol–water partition coefficient (Wildman–Crippen LogP) is 3.88. The normalized spacial score (nSPS) is 10.7. The van der Waals surface area contributed by atoms with Crippen molar-refractivity contribution in [2.45, 2.75) is 6.92 Å². The summed E-state index contributed by atoms with van der Waals surface area (Å²) in [6.07, 6.45) is 1.61. The van der Waals surface area contributed by atoms with Crippen molar-refractivity contribution in [2.75, 3.05) is 6.54 Å². The van der Waals surface area contributed by atoms with Crippen molar-refractivity contribution in [3.05, 3.63) is 77.9 Å². The van der Waals surface area contributed by atoms with E-state index >= 15 is 0 Å². The van der Waals surface area contributed by atoms with Gasteiger partial charge in [0.1, 0.15) is 5.75 Å². The number of nitrogens with zero attached hydrogens (tertiary/aromatic N) is 1. The van der Waals surface area contributed by atoms with E-state index in [1.165, 1.54) is 0 Å². The van der Waals surface area contributed by atoms with Gasteiger partial charge < -0.3 is 10.1 Å². The summed E-state index contributed by atoms with van der Waals surface area (Å²) in [7, 11) is 0.